The molecule has 2 heterocycles. The first-order chi connectivity index (χ1) is 22.6. The summed E-state index contributed by atoms with van der Waals surface area (Å²) in [7, 11) is -3.92. The van der Waals surface area contributed by atoms with Crippen LogP contribution < -0.4 is 19.9 Å². The average Bonchev–Trinajstić information content (AvgIpc) is 3.67. The Kier molecular flexibility index (Phi) is 13.3. The van der Waals surface area contributed by atoms with Crippen molar-refractivity contribution in [2.75, 3.05) is 46.3 Å². The lowest BCUT2D eigenvalue weighted by atomic mass is 10.2. The summed E-state index contributed by atoms with van der Waals surface area (Å²) in [4.78, 5) is 28.3. The number of thiazole rings is 1. The van der Waals surface area contributed by atoms with E-state index in [1.54, 1.807) is 42.5 Å². The number of amides is 1. The SMILES string of the molecule is NS(=O)(=O)c1nc2ccc(OCc3cn(CC(=O)N[C@@H](COCc4cccc(OCCOCCOCCF)c4)C(=O)O)nn3)cc2s1. The van der Waals surface area contributed by atoms with E-state index in [0.29, 0.717) is 47.2 Å². The van der Waals surface area contributed by atoms with Crippen molar-refractivity contribution in [3.05, 3.63) is 59.9 Å². The highest BCUT2D eigenvalue weighted by Crippen LogP contribution is 2.28. The number of carboxylic acids is 1. The van der Waals surface area contributed by atoms with E-state index < -0.39 is 34.6 Å². The van der Waals surface area contributed by atoms with E-state index in [-0.39, 0.29) is 43.9 Å². The molecule has 0 aliphatic rings. The number of fused-ring (bicyclic) bond motifs is 1. The van der Waals surface area contributed by atoms with Gasteiger partial charge >= 0.3 is 5.97 Å². The number of hydrogen-bond acceptors (Lipinski definition) is 13. The van der Waals surface area contributed by atoms with Gasteiger partial charge in [-0.15, -0.1) is 16.4 Å². The summed E-state index contributed by atoms with van der Waals surface area (Å²) >= 11 is 0.917. The van der Waals surface area contributed by atoms with Gasteiger partial charge in [0, 0.05) is 0 Å². The van der Waals surface area contributed by atoms with E-state index in [9.17, 15) is 27.5 Å². The molecule has 0 spiro atoms. The summed E-state index contributed by atoms with van der Waals surface area (Å²) in [6, 6.07) is 10.6. The Labute approximate surface area is 272 Å². The third kappa shape index (κ3) is 11.8. The van der Waals surface area contributed by atoms with Crippen molar-refractivity contribution in [3.63, 3.8) is 0 Å². The molecule has 2 aromatic carbocycles. The molecular formula is C28H33FN6O10S2. The van der Waals surface area contributed by atoms with Crippen LogP contribution in [0.15, 0.2) is 53.0 Å². The number of nitrogens with two attached hydrogens (primary N) is 1. The Hall–Kier alpha value is -4.27. The van der Waals surface area contributed by atoms with Crippen LogP contribution in [-0.2, 0) is 53.6 Å². The van der Waals surface area contributed by atoms with Gasteiger partial charge in [-0.2, -0.15) is 0 Å². The van der Waals surface area contributed by atoms with Gasteiger partial charge in [-0.05, 0) is 35.9 Å². The molecule has 0 fully saturated rings. The molecule has 47 heavy (non-hydrogen) atoms. The fourth-order valence-electron chi connectivity index (χ4n) is 3.91. The summed E-state index contributed by atoms with van der Waals surface area (Å²) in [6.45, 7) is 0.238. The molecule has 4 aromatic rings. The van der Waals surface area contributed by atoms with E-state index >= 15 is 0 Å². The Morgan fingerprint density at radius 1 is 1.00 bits per heavy atom. The molecule has 254 valence electrons. The summed E-state index contributed by atoms with van der Waals surface area (Å²) in [5.41, 5.74) is 1.58. The summed E-state index contributed by atoms with van der Waals surface area (Å²) < 4.78 is 63.9. The molecule has 0 aliphatic heterocycles. The molecule has 4 rings (SSSR count). The molecule has 0 radical (unpaired) electrons. The summed E-state index contributed by atoms with van der Waals surface area (Å²) in [6.07, 6.45) is 1.47. The van der Waals surface area contributed by atoms with Gasteiger partial charge in [0.05, 0.1) is 56.1 Å². The first kappa shape index (κ1) is 35.6. The molecule has 0 aliphatic carbocycles. The molecule has 19 heteroatoms. The third-order valence-electron chi connectivity index (χ3n) is 6.04. The number of alkyl halides is 1. The van der Waals surface area contributed by atoms with Crippen LogP contribution in [0.2, 0.25) is 0 Å². The maximum atomic E-state index is 12.5. The minimum Gasteiger partial charge on any atom is -0.491 e. The number of halogens is 1. The summed E-state index contributed by atoms with van der Waals surface area (Å²) in [5, 5.41) is 25.0. The number of rotatable bonds is 21. The molecule has 0 saturated carbocycles. The van der Waals surface area contributed by atoms with Gasteiger partial charge in [0.1, 0.15) is 43.6 Å². The first-order valence-electron chi connectivity index (χ1n) is 14.1. The molecule has 4 N–H and O–H groups in total. The van der Waals surface area contributed by atoms with Crippen molar-refractivity contribution in [1.82, 2.24) is 25.3 Å². The van der Waals surface area contributed by atoms with E-state index in [1.165, 1.54) is 10.9 Å². The van der Waals surface area contributed by atoms with Crippen LogP contribution in [0, 0.1) is 0 Å². The van der Waals surface area contributed by atoms with Crippen LogP contribution in [0.1, 0.15) is 11.3 Å². The Morgan fingerprint density at radius 3 is 2.53 bits per heavy atom. The number of aromatic nitrogens is 4. The van der Waals surface area contributed by atoms with Crippen LogP contribution in [0.3, 0.4) is 0 Å². The lowest BCUT2D eigenvalue weighted by Crippen LogP contribution is -2.45. The standard InChI is InChI=1S/C28H33FN6O10S2/c29-6-7-41-8-9-42-10-11-44-21-3-1-2-19(12-21)16-43-18-24(27(37)38)31-26(36)15-35-14-20(33-34-35)17-45-22-4-5-23-25(13-22)46-28(32-23)47(30,39)40/h1-5,12-14,24H,6-11,15-18H2,(H,31,36)(H,37,38)(H2,30,39,40)/t24-/m0/s1. The van der Waals surface area contributed by atoms with Gasteiger partial charge in [-0.25, -0.2) is 32.4 Å². The van der Waals surface area contributed by atoms with Crippen LogP contribution >= 0.6 is 11.3 Å². The number of sulfonamides is 1. The number of nitrogens with zero attached hydrogens (tertiary/aromatic N) is 4. The Balaban J connectivity index is 1.18. The minimum atomic E-state index is -3.92. The molecule has 0 saturated heterocycles. The molecule has 1 amide bonds. The lowest BCUT2D eigenvalue weighted by molar-refractivity contribution is -0.144. The van der Waals surface area contributed by atoms with Gasteiger partial charge in [-0.1, -0.05) is 17.3 Å². The average molecular weight is 697 g/mol. The first-order valence-corrected chi connectivity index (χ1v) is 16.5. The van der Waals surface area contributed by atoms with Crippen LogP contribution in [0.4, 0.5) is 4.39 Å². The zero-order valence-electron chi connectivity index (χ0n) is 24.9. The number of aliphatic carboxylic acids is 1. The molecule has 2 aromatic heterocycles. The second kappa shape index (κ2) is 17.6. The minimum absolute atomic E-state index is 0.00234. The molecule has 1 atom stereocenters. The van der Waals surface area contributed by atoms with E-state index in [1.807, 2.05) is 0 Å². The van der Waals surface area contributed by atoms with Gasteiger partial charge in [0.15, 0.2) is 6.04 Å². The van der Waals surface area contributed by atoms with Gasteiger partial charge in [0.25, 0.3) is 10.0 Å². The fourth-order valence-corrected chi connectivity index (χ4v) is 5.60. The lowest BCUT2D eigenvalue weighted by Gasteiger charge is -2.15. The smallest absolute Gasteiger partial charge is 0.328 e. The second-order valence-corrected chi connectivity index (χ2v) is 12.5. The highest BCUT2D eigenvalue weighted by Gasteiger charge is 2.21. The number of benzene rings is 2. The second-order valence-electron chi connectivity index (χ2n) is 9.73. The summed E-state index contributed by atoms with van der Waals surface area (Å²) in [5.74, 6) is -0.889. The highest BCUT2D eigenvalue weighted by atomic mass is 32.2. The Morgan fingerprint density at radius 2 is 1.77 bits per heavy atom. The van der Waals surface area contributed by atoms with E-state index in [2.05, 4.69) is 20.6 Å². The predicted octanol–water partition coefficient (Wildman–Crippen LogP) is 1.28. The molecule has 16 nitrogen and oxygen atoms in total. The predicted molar refractivity (Wildman–Crippen MR) is 164 cm³/mol. The van der Waals surface area contributed by atoms with E-state index in [4.69, 9.17) is 28.8 Å². The maximum Gasteiger partial charge on any atom is 0.328 e. The number of carboxylic acid groups (broad SMARTS) is 1. The number of primary sulfonamides is 1. The largest absolute Gasteiger partial charge is 0.491 e. The monoisotopic (exact) mass is 696 g/mol. The molecular weight excluding hydrogens is 663 g/mol. The van der Waals surface area contributed by atoms with Gasteiger partial charge in [-0.3, -0.25) is 4.79 Å². The number of carbonyl (C=O) groups is 2. The van der Waals surface area contributed by atoms with Crippen molar-refractivity contribution in [1.29, 1.82) is 0 Å². The number of carbonyl (C=O) groups excluding carboxylic acids is 1. The Bertz CT molecular complexity index is 1740. The van der Waals surface area contributed by atoms with Crippen molar-refractivity contribution in [2.45, 2.75) is 30.1 Å². The topological polar surface area (TPSA) is 216 Å². The molecule has 0 unspecified atom stereocenters. The van der Waals surface area contributed by atoms with Crippen molar-refractivity contribution < 1.29 is 51.2 Å². The third-order valence-corrected chi connectivity index (χ3v) is 8.37. The normalized spacial score (nSPS) is 12.2. The number of nitrogens with one attached hydrogen (secondary N) is 1. The van der Waals surface area contributed by atoms with Gasteiger partial charge < -0.3 is 34.1 Å². The molecule has 0 bridgehead atoms. The quantitative estimate of drug-likeness (QED) is 0.105. The highest BCUT2D eigenvalue weighted by molar-refractivity contribution is 7.91. The zero-order chi connectivity index (χ0) is 33.6. The van der Waals surface area contributed by atoms with Crippen LogP contribution in [0.5, 0.6) is 11.5 Å². The van der Waals surface area contributed by atoms with Gasteiger partial charge in [0.2, 0.25) is 10.2 Å². The zero-order valence-corrected chi connectivity index (χ0v) is 26.6. The van der Waals surface area contributed by atoms with Crippen molar-refractivity contribution in [2.24, 2.45) is 5.14 Å². The van der Waals surface area contributed by atoms with Crippen LogP contribution in [-0.4, -0.2) is 97.7 Å². The maximum absolute atomic E-state index is 12.5. The number of hydrogen-bond donors (Lipinski definition) is 3. The van der Waals surface area contributed by atoms with Crippen molar-refractivity contribution in [3.8, 4) is 11.5 Å². The number of ether oxygens (including phenoxy) is 5. The van der Waals surface area contributed by atoms with Crippen LogP contribution in [0.25, 0.3) is 10.2 Å². The fraction of sp³-hybridized carbons (Fsp3) is 0.393. The van der Waals surface area contributed by atoms with Crippen molar-refractivity contribution >= 4 is 43.5 Å². The van der Waals surface area contributed by atoms with E-state index in [0.717, 1.165) is 16.9 Å².